The molecule has 9 heteroatoms. The smallest absolute Gasteiger partial charge is 0.353 e. The Balaban J connectivity index is 2.02. The van der Waals surface area contributed by atoms with Crippen LogP contribution in [-0.4, -0.2) is 46.2 Å². The van der Waals surface area contributed by atoms with Gasteiger partial charge in [-0.1, -0.05) is 0 Å². The number of aromatic nitrogens is 2. The molecule has 3 rings (SSSR count). The number of morpholine rings is 1. The predicted molar refractivity (Wildman–Crippen MR) is 82.6 cm³/mol. The third-order valence-corrected chi connectivity index (χ3v) is 3.96. The van der Waals surface area contributed by atoms with Crippen LogP contribution in [0.25, 0.3) is 0 Å². The maximum atomic E-state index is 11.5. The van der Waals surface area contributed by atoms with E-state index in [0.717, 1.165) is 12.8 Å². The summed E-state index contributed by atoms with van der Waals surface area (Å²) in [5.74, 6) is 0.433. The van der Waals surface area contributed by atoms with Gasteiger partial charge in [-0.2, -0.15) is 9.97 Å². The second-order valence-corrected chi connectivity index (χ2v) is 6.27. The molecule has 2 atom stereocenters. The van der Waals surface area contributed by atoms with Gasteiger partial charge in [0.2, 0.25) is 16.9 Å². The van der Waals surface area contributed by atoms with Crippen LogP contribution in [0.2, 0.25) is 5.28 Å². The Hall–Kier alpha value is -1.67. The summed E-state index contributed by atoms with van der Waals surface area (Å²) in [6.45, 7) is 4.94. The first-order valence-corrected chi connectivity index (χ1v) is 7.70. The number of fused-ring (bicyclic) bond motifs is 2. The summed E-state index contributed by atoms with van der Waals surface area (Å²) in [5.41, 5.74) is -0.126. The van der Waals surface area contributed by atoms with Crippen molar-refractivity contribution in [2.45, 2.75) is 44.9 Å². The molecule has 3 heterocycles. The van der Waals surface area contributed by atoms with Crippen LogP contribution < -0.4 is 10.2 Å². The van der Waals surface area contributed by atoms with E-state index in [9.17, 15) is 10.1 Å². The van der Waals surface area contributed by atoms with Crippen LogP contribution in [0.4, 0.5) is 17.3 Å². The molecule has 120 valence electrons. The van der Waals surface area contributed by atoms with E-state index >= 15 is 0 Å². The molecule has 22 heavy (non-hydrogen) atoms. The van der Waals surface area contributed by atoms with Crippen molar-refractivity contribution in [1.82, 2.24) is 9.97 Å². The Kier molecular flexibility index (Phi) is 4.05. The lowest BCUT2D eigenvalue weighted by Gasteiger charge is -2.32. The molecule has 2 fully saturated rings. The molecule has 2 saturated heterocycles. The molecule has 0 aromatic carbocycles. The monoisotopic (exact) mass is 327 g/mol. The van der Waals surface area contributed by atoms with E-state index in [1.54, 1.807) is 0 Å². The van der Waals surface area contributed by atoms with E-state index in [2.05, 4.69) is 15.3 Å². The predicted octanol–water partition coefficient (Wildman–Crippen LogP) is 2.23. The Morgan fingerprint density at radius 3 is 2.55 bits per heavy atom. The molecule has 2 bridgehead atoms. The summed E-state index contributed by atoms with van der Waals surface area (Å²) in [6.07, 6.45) is 2.16. The zero-order chi connectivity index (χ0) is 15.9. The van der Waals surface area contributed by atoms with Crippen LogP contribution in [-0.2, 0) is 4.74 Å². The fourth-order valence-corrected chi connectivity index (χ4v) is 3.13. The fraction of sp³-hybridized carbons (Fsp3) is 0.692. The summed E-state index contributed by atoms with van der Waals surface area (Å²) >= 11 is 5.98. The van der Waals surface area contributed by atoms with Crippen molar-refractivity contribution in [3.05, 3.63) is 15.4 Å². The topological polar surface area (TPSA) is 93.4 Å². The van der Waals surface area contributed by atoms with Crippen molar-refractivity contribution in [3.63, 3.8) is 0 Å². The van der Waals surface area contributed by atoms with Crippen molar-refractivity contribution in [3.8, 4) is 0 Å². The lowest BCUT2D eigenvalue weighted by Crippen LogP contribution is -2.43. The van der Waals surface area contributed by atoms with E-state index in [-0.39, 0.29) is 40.9 Å². The van der Waals surface area contributed by atoms with Gasteiger partial charge in [-0.15, -0.1) is 0 Å². The molecule has 0 saturated carbocycles. The molecule has 8 nitrogen and oxygen atoms in total. The highest BCUT2D eigenvalue weighted by atomic mass is 35.5. The second kappa shape index (κ2) is 5.85. The quantitative estimate of drug-likeness (QED) is 0.515. The van der Waals surface area contributed by atoms with Gasteiger partial charge in [0.15, 0.2) is 0 Å². The number of hydrogen-bond acceptors (Lipinski definition) is 7. The summed E-state index contributed by atoms with van der Waals surface area (Å²) in [7, 11) is 0. The highest BCUT2D eigenvalue weighted by Crippen LogP contribution is 2.37. The maximum Gasteiger partial charge on any atom is 0.353 e. The second-order valence-electron chi connectivity index (χ2n) is 5.93. The first kappa shape index (κ1) is 15.2. The molecular weight excluding hydrogens is 310 g/mol. The first-order valence-electron chi connectivity index (χ1n) is 7.33. The molecule has 2 aliphatic heterocycles. The van der Waals surface area contributed by atoms with E-state index in [1.165, 1.54) is 0 Å². The van der Waals surface area contributed by atoms with Crippen LogP contribution in [0.1, 0.15) is 26.7 Å². The minimum absolute atomic E-state index is 0.00149. The Morgan fingerprint density at radius 1 is 1.36 bits per heavy atom. The number of halogens is 1. The number of rotatable bonds is 4. The van der Waals surface area contributed by atoms with E-state index in [4.69, 9.17) is 16.3 Å². The summed E-state index contributed by atoms with van der Waals surface area (Å²) in [5, 5.41) is 14.5. The Bertz CT molecular complexity index is 585. The van der Waals surface area contributed by atoms with E-state index < -0.39 is 4.92 Å². The van der Waals surface area contributed by atoms with Crippen LogP contribution in [0.5, 0.6) is 0 Å². The molecule has 2 unspecified atom stereocenters. The van der Waals surface area contributed by atoms with Gasteiger partial charge in [0.1, 0.15) is 0 Å². The van der Waals surface area contributed by atoms with Gasteiger partial charge in [0, 0.05) is 19.1 Å². The third-order valence-electron chi connectivity index (χ3n) is 3.79. The minimum atomic E-state index is -0.451. The van der Waals surface area contributed by atoms with Crippen molar-refractivity contribution in [2.24, 2.45) is 0 Å². The van der Waals surface area contributed by atoms with Gasteiger partial charge in [0.05, 0.1) is 17.1 Å². The largest absolute Gasteiger partial charge is 0.371 e. The maximum absolute atomic E-state index is 11.5. The van der Waals surface area contributed by atoms with Crippen molar-refractivity contribution < 1.29 is 9.66 Å². The molecule has 1 aromatic rings. The first-order chi connectivity index (χ1) is 10.4. The van der Waals surface area contributed by atoms with Gasteiger partial charge in [-0.3, -0.25) is 10.1 Å². The van der Waals surface area contributed by atoms with Gasteiger partial charge >= 0.3 is 5.69 Å². The lowest BCUT2D eigenvalue weighted by atomic mass is 10.2. The molecule has 0 aliphatic carbocycles. The molecule has 1 N–H and O–H groups in total. The number of nitrogens with zero attached hydrogens (tertiary/aromatic N) is 4. The van der Waals surface area contributed by atoms with Crippen LogP contribution in [0, 0.1) is 10.1 Å². The number of ether oxygens (including phenoxy) is 1. The summed E-state index contributed by atoms with van der Waals surface area (Å²) in [4.78, 5) is 21.1. The van der Waals surface area contributed by atoms with Gasteiger partial charge in [0.25, 0.3) is 0 Å². The molecule has 0 amide bonds. The highest BCUT2D eigenvalue weighted by molar-refractivity contribution is 6.28. The van der Waals surface area contributed by atoms with Gasteiger partial charge in [-0.05, 0) is 38.3 Å². The zero-order valence-electron chi connectivity index (χ0n) is 12.5. The van der Waals surface area contributed by atoms with Crippen LogP contribution in [0.15, 0.2) is 0 Å². The standard InChI is InChI=1S/C13H18ClN5O3/c1-7(2)15-11-10(19(20)21)12(17-13(14)16-11)18-5-8-3-4-9(6-18)22-8/h7-9H,3-6H2,1-2H3,(H,15,16,17). The molecule has 0 radical (unpaired) electrons. The zero-order valence-corrected chi connectivity index (χ0v) is 13.2. The Labute approximate surface area is 133 Å². The minimum Gasteiger partial charge on any atom is -0.371 e. The highest BCUT2D eigenvalue weighted by Gasteiger charge is 2.38. The third kappa shape index (κ3) is 2.93. The Morgan fingerprint density at radius 2 is 2.00 bits per heavy atom. The average molecular weight is 328 g/mol. The number of nitro groups is 1. The summed E-state index contributed by atoms with van der Waals surface area (Å²) < 4.78 is 5.77. The lowest BCUT2D eigenvalue weighted by molar-refractivity contribution is -0.383. The van der Waals surface area contributed by atoms with Crippen molar-refractivity contribution in [1.29, 1.82) is 0 Å². The normalized spacial score (nSPS) is 23.9. The molecular formula is C13H18ClN5O3. The molecule has 1 aromatic heterocycles. The number of nitrogens with one attached hydrogen (secondary N) is 1. The fourth-order valence-electron chi connectivity index (χ4n) is 2.97. The van der Waals surface area contributed by atoms with Crippen molar-refractivity contribution in [2.75, 3.05) is 23.3 Å². The number of hydrogen-bond donors (Lipinski definition) is 1. The van der Waals surface area contributed by atoms with Gasteiger partial charge in [-0.25, -0.2) is 0 Å². The van der Waals surface area contributed by atoms with Gasteiger partial charge < -0.3 is 15.0 Å². The van der Waals surface area contributed by atoms with Crippen molar-refractivity contribution >= 4 is 28.9 Å². The van der Waals surface area contributed by atoms with E-state index in [0.29, 0.717) is 13.1 Å². The number of anilines is 2. The molecule has 0 spiro atoms. The average Bonchev–Trinajstić information content (AvgIpc) is 2.75. The SMILES string of the molecule is CC(C)Nc1nc(Cl)nc(N2CC3CCC(C2)O3)c1[N+](=O)[O-]. The molecule has 2 aliphatic rings. The summed E-state index contributed by atoms with van der Waals surface area (Å²) in [6, 6.07) is -0.00149. The van der Waals surface area contributed by atoms with Crippen LogP contribution >= 0.6 is 11.6 Å². The van der Waals surface area contributed by atoms with Crippen LogP contribution in [0.3, 0.4) is 0 Å². The van der Waals surface area contributed by atoms with E-state index in [1.807, 2.05) is 18.7 Å².